The third-order valence-electron chi connectivity index (χ3n) is 2.44. The maximum atomic E-state index is 11.6. The van der Waals surface area contributed by atoms with Gasteiger partial charge in [0.2, 0.25) is 5.82 Å². The van der Waals surface area contributed by atoms with Gasteiger partial charge in [-0.1, -0.05) is 6.08 Å². The molecule has 1 aliphatic carbocycles. The molecule has 0 spiro atoms. The Labute approximate surface area is 99.5 Å². The SMILES string of the molecule is C=CCOCCNC(=O)c1n[nH]c(C2CC2)n1. The number of ether oxygens (including phenoxy) is 1. The molecule has 0 saturated heterocycles. The second-order valence-corrected chi connectivity index (χ2v) is 3.94. The lowest BCUT2D eigenvalue weighted by atomic mass is 10.4. The van der Waals surface area contributed by atoms with Crippen LogP contribution in [0, 0.1) is 0 Å². The van der Waals surface area contributed by atoms with Gasteiger partial charge in [0.1, 0.15) is 5.82 Å². The van der Waals surface area contributed by atoms with E-state index >= 15 is 0 Å². The number of aromatic nitrogens is 3. The Kier molecular flexibility index (Phi) is 3.87. The average molecular weight is 236 g/mol. The maximum absolute atomic E-state index is 11.6. The summed E-state index contributed by atoms with van der Waals surface area (Å²) in [5, 5.41) is 9.37. The van der Waals surface area contributed by atoms with Crippen LogP contribution < -0.4 is 5.32 Å². The lowest BCUT2D eigenvalue weighted by Gasteiger charge is -2.02. The Morgan fingerprint density at radius 1 is 1.65 bits per heavy atom. The van der Waals surface area contributed by atoms with E-state index in [1.54, 1.807) is 6.08 Å². The van der Waals surface area contributed by atoms with Crippen molar-refractivity contribution in [2.75, 3.05) is 19.8 Å². The molecular formula is C11H16N4O2. The summed E-state index contributed by atoms with van der Waals surface area (Å²) in [5.74, 6) is 1.23. The summed E-state index contributed by atoms with van der Waals surface area (Å²) in [6.07, 6.45) is 3.93. The Bertz CT molecular complexity index is 398. The molecule has 0 aliphatic heterocycles. The Morgan fingerprint density at radius 3 is 3.18 bits per heavy atom. The van der Waals surface area contributed by atoms with Crippen LogP contribution in [0.2, 0.25) is 0 Å². The summed E-state index contributed by atoms with van der Waals surface area (Å²) in [6.45, 7) is 4.92. The summed E-state index contributed by atoms with van der Waals surface area (Å²) < 4.78 is 5.14. The zero-order valence-electron chi connectivity index (χ0n) is 9.61. The van der Waals surface area contributed by atoms with E-state index in [0.717, 1.165) is 18.7 Å². The number of aromatic amines is 1. The van der Waals surface area contributed by atoms with E-state index in [1.807, 2.05) is 0 Å². The fourth-order valence-corrected chi connectivity index (χ4v) is 1.40. The molecule has 0 bridgehead atoms. The van der Waals surface area contributed by atoms with Gasteiger partial charge in [0.15, 0.2) is 0 Å². The first-order valence-electron chi connectivity index (χ1n) is 5.70. The monoisotopic (exact) mass is 236 g/mol. The number of nitrogens with zero attached hydrogens (tertiary/aromatic N) is 2. The number of nitrogens with one attached hydrogen (secondary N) is 2. The number of H-pyrrole nitrogens is 1. The molecule has 1 fully saturated rings. The molecule has 0 radical (unpaired) electrons. The molecule has 0 aromatic carbocycles. The van der Waals surface area contributed by atoms with E-state index in [9.17, 15) is 4.79 Å². The second-order valence-electron chi connectivity index (χ2n) is 3.94. The van der Waals surface area contributed by atoms with Crippen LogP contribution in [0.1, 0.15) is 35.2 Å². The Balaban J connectivity index is 1.72. The lowest BCUT2D eigenvalue weighted by Crippen LogP contribution is -2.28. The van der Waals surface area contributed by atoms with E-state index in [4.69, 9.17) is 4.74 Å². The molecular weight excluding hydrogens is 220 g/mol. The standard InChI is InChI=1S/C11H16N4O2/c1-2-6-17-7-5-12-11(16)10-13-9(14-15-10)8-3-4-8/h2,8H,1,3-7H2,(H,12,16)(H,13,14,15). The van der Waals surface area contributed by atoms with Crippen molar-refractivity contribution in [2.24, 2.45) is 0 Å². The van der Waals surface area contributed by atoms with E-state index in [0.29, 0.717) is 25.7 Å². The normalized spacial score (nSPS) is 14.6. The Hall–Kier alpha value is -1.69. The highest BCUT2D eigenvalue weighted by molar-refractivity contribution is 5.90. The van der Waals surface area contributed by atoms with Gasteiger partial charge in [0, 0.05) is 12.5 Å². The van der Waals surface area contributed by atoms with Crippen molar-refractivity contribution in [1.82, 2.24) is 20.5 Å². The van der Waals surface area contributed by atoms with Crippen molar-refractivity contribution in [2.45, 2.75) is 18.8 Å². The molecule has 2 rings (SSSR count). The number of hydrogen-bond acceptors (Lipinski definition) is 4. The zero-order chi connectivity index (χ0) is 12.1. The number of hydrogen-bond donors (Lipinski definition) is 2. The number of amides is 1. The van der Waals surface area contributed by atoms with E-state index in [2.05, 4.69) is 27.1 Å². The number of carbonyl (C=O) groups is 1. The van der Waals surface area contributed by atoms with E-state index in [-0.39, 0.29) is 11.7 Å². The van der Waals surface area contributed by atoms with Crippen molar-refractivity contribution in [3.8, 4) is 0 Å². The van der Waals surface area contributed by atoms with Crippen molar-refractivity contribution in [3.05, 3.63) is 24.3 Å². The van der Waals surface area contributed by atoms with Gasteiger partial charge >= 0.3 is 0 Å². The molecule has 1 heterocycles. The van der Waals surface area contributed by atoms with Gasteiger partial charge in [0.25, 0.3) is 5.91 Å². The highest BCUT2D eigenvalue weighted by Crippen LogP contribution is 2.37. The smallest absolute Gasteiger partial charge is 0.291 e. The third-order valence-corrected chi connectivity index (χ3v) is 2.44. The predicted octanol–water partition coefficient (Wildman–Crippen LogP) is 0.614. The summed E-state index contributed by atoms with van der Waals surface area (Å²) in [7, 11) is 0. The molecule has 0 unspecified atom stereocenters. The molecule has 1 aromatic rings. The fraction of sp³-hybridized carbons (Fsp3) is 0.545. The third kappa shape index (κ3) is 3.39. The number of rotatable bonds is 7. The minimum atomic E-state index is -0.268. The molecule has 92 valence electrons. The summed E-state index contributed by atoms with van der Waals surface area (Å²) in [5.41, 5.74) is 0. The van der Waals surface area contributed by atoms with E-state index in [1.165, 1.54) is 0 Å². The van der Waals surface area contributed by atoms with Crippen LogP contribution in [0.4, 0.5) is 0 Å². The second kappa shape index (κ2) is 5.58. The quantitative estimate of drug-likeness (QED) is 0.537. The summed E-state index contributed by atoms with van der Waals surface area (Å²) in [4.78, 5) is 15.8. The molecule has 1 aromatic heterocycles. The number of carbonyl (C=O) groups excluding carboxylic acids is 1. The minimum Gasteiger partial charge on any atom is -0.376 e. The van der Waals surface area contributed by atoms with Crippen molar-refractivity contribution < 1.29 is 9.53 Å². The van der Waals surface area contributed by atoms with Crippen LogP contribution >= 0.6 is 0 Å². The maximum Gasteiger partial charge on any atom is 0.291 e. The van der Waals surface area contributed by atoms with Gasteiger partial charge in [-0.15, -0.1) is 11.7 Å². The largest absolute Gasteiger partial charge is 0.376 e. The summed E-state index contributed by atoms with van der Waals surface area (Å²) in [6, 6.07) is 0. The van der Waals surface area contributed by atoms with E-state index < -0.39 is 0 Å². The van der Waals surface area contributed by atoms with Crippen molar-refractivity contribution in [1.29, 1.82) is 0 Å². The van der Waals surface area contributed by atoms with Crippen LogP contribution in [0.5, 0.6) is 0 Å². The lowest BCUT2D eigenvalue weighted by molar-refractivity contribution is 0.0919. The molecule has 0 atom stereocenters. The summed E-state index contributed by atoms with van der Waals surface area (Å²) >= 11 is 0. The van der Waals surface area contributed by atoms with Crippen LogP contribution in [0.3, 0.4) is 0 Å². The van der Waals surface area contributed by atoms with Crippen molar-refractivity contribution >= 4 is 5.91 Å². The topological polar surface area (TPSA) is 79.9 Å². The molecule has 1 saturated carbocycles. The minimum absolute atomic E-state index is 0.204. The van der Waals surface area contributed by atoms with Crippen LogP contribution in [-0.2, 0) is 4.74 Å². The van der Waals surface area contributed by atoms with Crippen LogP contribution in [-0.4, -0.2) is 40.8 Å². The van der Waals surface area contributed by atoms with Crippen molar-refractivity contribution in [3.63, 3.8) is 0 Å². The van der Waals surface area contributed by atoms with Gasteiger partial charge in [0.05, 0.1) is 13.2 Å². The fourth-order valence-electron chi connectivity index (χ4n) is 1.40. The van der Waals surface area contributed by atoms with Gasteiger partial charge in [-0.05, 0) is 12.8 Å². The molecule has 1 amide bonds. The van der Waals surface area contributed by atoms with Crippen LogP contribution in [0.25, 0.3) is 0 Å². The van der Waals surface area contributed by atoms with Gasteiger partial charge in [-0.25, -0.2) is 4.98 Å². The molecule has 2 N–H and O–H groups in total. The molecule has 6 nitrogen and oxygen atoms in total. The highest BCUT2D eigenvalue weighted by Gasteiger charge is 2.28. The zero-order valence-corrected chi connectivity index (χ0v) is 9.61. The first-order chi connectivity index (χ1) is 8.31. The molecule has 1 aliphatic rings. The van der Waals surface area contributed by atoms with Crippen LogP contribution in [0.15, 0.2) is 12.7 Å². The highest BCUT2D eigenvalue weighted by atomic mass is 16.5. The van der Waals surface area contributed by atoms with Gasteiger partial charge in [-0.2, -0.15) is 0 Å². The first kappa shape index (κ1) is 11.8. The average Bonchev–Trinajstić information content (AvgIpc) is 3.07. The Morgan fingerprint density at radius 2 is 2.47 bits per heavy atom. The van der Waals surface area contributed by atoms with Gasteiger partial charge in [-0.3, -0.25) is 9.89 Å². The molecule has 17 heavy (non-hydrogen) atoms. The van der Waals surface area contributed by atoms with Gasteiger partial charge < -0.3 is 10.1 Å². The predicted molar refractivity (Wildman–Crippen MR) is 61.7 cm³/mol. The first-order valence-corrected chi connectivity index (χ1v) is 5.70. The molecule has 6 heteroatoms.